The number of halogens is 1. The molecule has 1 aliphatic rings. The first-order valence-corrected chi connectivity index (χ1v) is 8.91. The van der Waals surface area contributed by atoms with E-state index in [4.69, 9.17) is 9.73 Å². The number of ether oxygens (including phenoxy) is 1. The fourth-order valence-electron chi connectivity index (χ4n) is 2.20. The largest absolute Gasteiger partial charge is 0.381 e. The van der Waals surface area contributed by atoms with E-state index in [1.807, 2.05) is 11.8 Å². The van der Waals surface area contributed by atoms with Crippen molar-refractivity contribution in [1.82, 2.24) is 10.2 Å². The van der Waals surface area contributed by atoms with E-state index in [9.17, 15) is 0 Å². The molecule has 1 fully saturated rings. The molecular formula is C15H32IN3OS. The van der Waals surface area contributed by atoms with Gasteiger partial charge in [-0.2, -0.15) is 11.8 Å². The molecule has 1 heterocycles. The van der Waals surface area contributed by atoms with Crippen molar-refractivity contribution in [2.45, 2.75) is 38.9 Å². The van der Waals surface area contributed by atoms with Crippen LogP contribution in [0.2, 0.25) is 0 Å². The maximum atomic E-state index is 5.55. The van der Waals surface area contributed by atoms with Crippen molar-refractivity contribution in [2.75, 3.05) is 45.6 Å². The molecule has 0 spiro atoms. The predicted octanol–water partition coefficient (Wildman–Crippen LogP) is 3.07. The molecule has 0 aromatic heterocycles. The van der Waals surface area contributed by atoms with Crippen molar-refractivity contribution in [2.24, 2.45) is 10.9 Å². The van der Waals surface area contributed by atoms with Gasteiger partial charge in [0, 0.05) is 36.9 Å². The van der Waals surface area contributed by atoms with Gasteiger partial charge in [0.1, 0.15) is 0 Å². The van der Waals surface area contributed by atoms with E-state index in [2.05, 4.69) is 44.2 Å². The van der Waals surface area contributed by atoms with Gasteiger partial charge < -0.3 is 15.0 Å². The second-order valence-electron chi connectivity index (χ2n) is 5.89. The van der Waals surface area contributed by atoms with Crippen molar-refractivity contribution in [3.8, 4) is 0 Å². The number of hydrogen-bond acceptors (Lipinski definition) is 3. The van der Waals surface area contributed by atoms with Gasteiger partial charge in [0.25, 0.3) is 0 Å². The van der Waals surface area contributed by atoms with Crippen molar-refractivity contribution < 1.29 is 4.74 Å². The molecule has 1 rings (SSSR count). The van der Waals surface area contributed by atoms with Gasteiger partial charge in [-0.3, -0.25) is 4.99 Å². The number of likely N-dealkylation sites (tertiary alicyclic amines) is 1. The fraction of sp³-hybridized carbons (Fsp3) is 0.933. The highest BCUT2D eigenvalue weighted by atomic mass is 127. The molecular weight excluding hydrogens is 397 g/mol. The number of guanidine groups is 1. The Hall–Kier alpha value is 0.310. The quantitative estimate of drug-likeness (QED) is 0.384. The first-order chi connectivity index (χ1) is 9.52. The Labute approximate surface area is 151 Å². The highest BCUT2D eigenvalue weighted by Gasteiger charge is 2.25. The topological polar surface area (TPSA) is 36.9 Å². The number of rotatable bonds is 7. The van der Waals surface area contributed by atoms with Crippen LogP contribution >= 0.6 is 35.7 Å². The average Bonchev–Trinajstić information content (AvgIpc) is 2.90. The minimum atomic E-state index is 0. The van der Waals surface area contributed by atoms with Gasteiger partial charge in [0.15, 0.2) is 5.96 Å². The molecule has 21 heavy (non-hydrogen) atoms. The second kappa shape index (κ2) is 10.9. The normalized spacial score (nSPS) is 19.6. The maximum Gasteiger partial charge on any atom is 0.193 e. The Bertz CT molecular complexity index is 313. The van der Waals surface area contributed by atoms with Gasteiger partial charge in [0.05, 0.1) is 13.2 Å². The highest BCUT2D eigenvalue weighted by molar-refractivity contribution is 14.0. The van der Waals surface area contributed by atoms with Gasteiger partial charge in [-0.25, -0.2) is 0 Å². The van der Waals surface area contributed by atoms with Crippen molar-refractivity contribution in [3.63, 3.8) is 0 Å². The summed E-state index contributed by atoms with van der Waals surface area (Å²) in [5.41, 5.74) is 0. The Morgan fingerprint density at radius 2 is 2.14 bits per heavy atom. The van der Waals surface area contributed by atoms with Crippen molar-refractivity contribution in [1.29, 1.82) is 0 Å². The number of hydrogen-bond donors (Lipinski definition) is 1. The second-order valence-corrected chi connectivity index (χ2v) is 7.41. The highest BCUT2D eigenvalue weighted by Crippen LogP contribution is 2.22. The van der Waals surface area contributed by atoms with Crippen LogP contribution in [0, 0.1) is 5.92 Å². The summed E-state index contributed by atoms with van der Waals surface area (Å²) in [5, 5.41) is 3.42. The van der Waals surface area contributed by atoms with E-state index in [-0.39, 0.29) is 28.7 Å². The van der Waals surface area contributed by atoms with E-state index >= 15 is 0 Å². The van der Waals surface area contributed by atoms with Gasteiger partial charge in [0.2, 0.25) is 0 Å². The Balaban J connectivity index is 0.00000400. The van der Waals surface area contributed by atoms with E-state index in [0.717, 1.165) is 45.4 Å². The van der Waals surface area contributed by atoms with Crippen LogP contribution in [0.25, 0.3) is 0 Å². The third-order valence-electron chi connectivity index (χ3n) is 3.64. The van der Waals surface area contributed by atoms with Gasteiger partial charge in [-0.05, 0) is 40.4 Å². The average molecular weight is 429 g/mol. The third-order valence-corrected chi connectivity index (χ3v) is 4.87. The number of nitrogens with one attached hydrogen (secondary N) is 1. The van der Waals surface area contributed by atoms with E-state index < -0.39 is 0 Å². The SMILES string of the molecule is CCNC(=NCC(C)(C)SC)N1CCC(COCC)C1.I. The third kappa shape index (κ3) is 7.93. The molecule has 0 aliphatic carbocycles. The molecule has 1 aliphatic heterocycles. The molecule has 1 atom stereocenters. The minimum absolute atomic E-state index is 0. The molecule has 126 valence electrons. The van der Waals surface area contributed by atoms with E-state index in [0.29, 0.717) is 5.92 Å². The van der Waals surface area contributed by atoms with Crippen molar-refractivity contribution in [3.05, 3.63) is 0 Å². The Kier molecular flexibility index (Phi) is 11.1. The number of aliphatic imine (C=N–C) groups is 1. The molecule has 0 saturated carbocycles. The van der Waals surface area contributed by atoms with Crippen LogP contribution in [0.4, 0.5) is 0 Å². The number of nitrogens with zero attached hydrogens (tertiary/aromatic N) is 2. The zero-order chi connectivity index (χ0) is 15.0. The molecule has 1 N–H and O–H groups in total. The Morgan fingerprint density at radius 1 is 1.43 bits per heavy atom. The summed E-state index contributed by atoms with van der Waals surface area (Å²) in [6.45, 7) is 14.3. The summed E-state index contributed by atoms with van der Waals surface area (Å²) in [5.74, 6) is 1.71. The smallest absolute Gasteiger partial charge is 0.193 e. The monoisotopic (exact) mass is 429 g/mol. The molecule has 4 nitrogen and oxygen atoms in total. The van der Waals surface area contributed by atoms with Gasteiger partial charge in [-0.1, -0.05) is 0 Å². The van der Waals surface area contributed by atoms with Crippen LogP contribution in [0.3, 0.4) is 0 Å². The molecule has 0 aromatic carbocycles. The Morgan fingerprint density at radius 3 is 2.71 bits per heavy atom. The minimum Gasteiger partial charge on any atom is -0.381 e. The molecule has 0 amide bonds. The van der Waals surface area contributed by atoms with Crippen LogP contribution in [-0.2, 0) is 4.74 Å². The van der Waals surface area contributed by atoms with Gasteiger partial charge >= 0.3 is 0 Å². The van der Waals surface area contributed by atoms with E-state index in [1.165, 1.54) is 6.42 Å². The van der Waals surface area contributed by atoms with Gasteiger partial charge in [-0.15, -0.1) is 24.0 Å². The number of thioether (sulfide) groups is 1. The first kappa shape index (κ1) is 21.3. The molecule has 0 bridgehead atoms. The van der Waals surface area contributed by atoms with Crippen LogP contribution in [0.5, 0.6) is 0 Å². The predicted molar refractivity (Wildman–Crippen MR) is 105 cm³/mol. The zero-order valence-corrected chi connectivity index (χ0v) is 17.3. The summed E-state index contributed by atoms with van der Waals surface area (Å²) < 4.78 is 5.75. The summed E-state index contributed by atoms with van der Waals surface area (Å²) >= 11 is 1.87. The molecule has 0 aromatic rings. The molecule has 1 saturated heterocycles. The van der Waals surface area contributed by atoms with Crippen LogP contribution in [0.1, 0.15) is 34.1 Å². The van der Waals surface area contributed by atoms with Crippen LogP contribution < -0.4 is 5.32 Å². The van der Waals surface area contributed by atoms with Crippen LogP contribution in [0.15, 0.2) is 4.99 Å². The first-order valence-electron chi connectivity index (χ1n) is 7.68. The summed E-state index contributed by atoms with van der Waals surface area (Å²) in [7, 11) is 0. The lowest BCUT2D eigenvalue weighted by molar-refractivity contribution is 0.114. The lowest BCUT2D eigenvalue weighted by Crippen LogP contribution is -2.41. The summed E-state index contributed by atoms with van der Waals surface area (Å²) in [6, 6.07) is 0. The maximum absolute atomic E-state index is 5.55. The van der Waals surface area contributed by atoms with Crippen LogP contribution in [-0.4, -0.2) is 61.3 Å². The molecule has 1 unspecified atom stereocenters. The lowest BCUT2D eigenvalue weighted by Gasteiger charge is -2.24. The van der Waals surface area contributed by atoms with E-state index in [1.54, 1.807) is 0 Å². The molecule has 6 heteroatoms. The summed E-state index contributed by atoms with van der Waals surface area (Å²) in [4.78, 5) is 7.20. The fourth-order valence-corrected chi connectivity index (χ4v) is 2.39. The molecule has 0 radical (unpaired) electrons. The zero-order valence-electron chi connectivity index (χ0n) is 14.1. The van der Waals surface area contributed by atoms with Crippen molar-refractivity contribution >= 4 is 41.7 Å². The standard InChI is InChI=1S/C15H31N3OS.HI/c1-6-16-14(17-12-15(3,4)20-5)18-9-8-13(10-18)11-19-7-2;/h13H,6-12H2,1-5H3,(H,16,17);1H. The lowest BCUT2D eigenvalue weighted by atomic mass is 10.1. The summed E-state index contributed by atoms with van der Waals surface area (Å²) in [6.07, 6.45) is 3.35.